The average molecular weight is 335 g/mol. The molecule has 1 amide bonds. The lowest BCUT2D eigenvalue weighted by atomic mass is 10.3. The predicted molar refractivity (Wildman–Crippen MR) is 78.7 cm³/mol. The summed E-state index contributed by atoms with van der Waals surface area (Å²) in [6.07, 6.45) is 4.12. The van der Waals surface area contributed by atoms with Crippen LogP contribution in [0.1, 0.15) is 23.3 Å². The van der Waals surface area contributed by atoms with Crippen LogP contribution in [0.4, 0.5) is 0 Å². The molecule has 0 aliphatic heterocycles. The Kier molecular flexibility index (Phi) is 3.56. The molecule has 6 heteroatoms. The number of amides is 1. The first-order chi connectivity index (χ1) is 9.63. The topological polar surface area (TPSA) is 51.0 Å². The number of carbonyl (C=O) groups is 1. The molecule has 3 rings (SSSR count). The van der Waals surface area contributed by atoms with Gasteiger partial charge in [-0.15, -0.1) is 5.10 Å². The highest BCUT2D eigenvalue weighted by molar-refractivity contribution is 9.10. The summed E-state index contributed by atoms with van der Waals surface area (Å²) >= 11 is 3.42. The molecule has 5 nitrogen and oxygen atoms in total. The zero-order chi connectivity index (χ0) is 14.1. The van der Waals surface area contributed by atoms with Crippen molar-refractivity contribution in [2.75, 3.05) is 13.6 Å². The molecule has 0 unspecified atom stereocenters. The van der Waals surface area contributed by atoms with Crippen LogP contribution >= 0.6 is 15.9 Å². The largest absolute Gasteiger partial charge is 0.340 e. The number of hydrogen-bond donors (Lipinski definition) is 0. The van der Waals surface area contributed by atoms with Gasteiger partial charge in [-0.05, 0) is 37.0 Å². The molecule has 1 saturated carbocycles. The Morgan fingerprint density at radius 3 is 3.00 bits per heavy atom. The number of hydrogen-bond acceptors (Lipinski definition) is 3. The third-order valence-corrected chi connectivity index (χ3v) is 3.85. The van der Waals surface area contributed by atoms with Crippen molar-refractivity contribution in [3.63, 3.8) is 0 Å². The van der Waals surface area contributed by atoms with E-state index in [0.717, 1.165) is 16.7 Å². The molecule has 1 aliphatic carbocycles. The van der Waals surface area contributed by atoms with Crippen LogP contribution in [-0.2, 0) is 0 Å². The minimum Gasteiger partial charge on any atom is -0.340 e. The molecule has 0 spiro atoms. The summed E-state index contributed by atoms with van der Waals surface area (Å²) in [7, 11) is 1.82. The second-order valence-electron chi connectivity index (χ2n) is 5.16. The molecule has 1 aromatic heterocycles. The third kappa shape index (κ3) is 2.90. The molecule has 1 fully saturated rings. The van der Waals surface area contributed by atoms with E-state index in [0.29, 0.717) is 11.6 Å². The smallest absolute Gasteiger partial charge is 0.275 e. The van der Waals surface area contributed by atoms with Gasteiger partial charge in [-0.25, -0.2) is 4.68 Å². The molecule has 0 bridgehead atoms. The van der Waals surface area contributed by atoms with Gasteiger partial charge in [0.1, 0.15) is 0 Å². The average Bonchev–Trinajstić information content (AvgIpc) is 3.11. The van der Waals surface area contributed by atoms with Crippen molar-refractivity contribution in [1.29, 1.82) is 0 Å². The third-order valence-electron chi connectivity index (χ3n) is 3.36. The maximum absolute atomic E-state index is 12.2. The van der Waals surface area contributed by atoms with Crippen molar-refractivity contribution < 1.29 is 4.79 Å². The first-order valence-corrected chi connectivity index (χ1v) is 7.36. The van der Waals surface area contributed by atoms with Crippen LogP contribution in [0.25, 0.3) is 5.69 Å². The summed E-state index contributed by atoms with van der Waals surface area (Å²) in [5.74, 6) is 0.599. The normalized spacial score (nSPS) is 14.3. The van der Waals surface area contributed by atoms with Crippen LogP contribution in [-0.4, -0.2) is 39.4 Å². The van der Waals surface area contributed by atoms with E-state index >= 15 is 0 Å². The molecule has 1 heterocycles. The fourth-order valence-electron chi connectivity index (χ4n) is 2.07. The van der Waals surface area contributed by atoms with E-state index in [-0.39, 0.29) is 5.91 Å². The van der Waals surface area contributed by atoms with Crippen LogP contribution in [0.2, 0.25) is 0 Å². The highest BCUT2D eigenvalue weighted by Crippen LogP contribution is 2.29. The molecule has 1 aromatic carbocycles. The lowest BCUT2D eigenvalue weighted by Crippen LogP contribution is -2.29. The molecule has 0 saturated heterocycles. The lowest BCUT2D eigenvalue weighted by Gasteiger charge is -2.14. The monoisotopic (exact) mass is 334 g/mol. The summed E-state index contributed by atoms with van der Waals surface area (Å²) in [4.78, 5) is 13.9. The van der Waals surface area contributed by atoms with Gasteiger partial charge in [-0.1, -0.05) is 27.2 Å². The molecule has 1 aliphatic rings. The van der Waals surface area contributed by atoms with Crippen molar-refractivity contribution in [1.82, 2.24) is 19.9 Å². The summed E-state index contributed by atoms with van der Waals surface area (Å²) in [6, 6.07) is 7.70. The van der Waals surface area contributed by atoms with Crippen molar-refractivity contribution in [2.24, 2.45) is 5.92 Å². The Labute approximate surface area is 125 Å². The molecular weight excluding hydrogens is 320 g/mol. The molecule has 0 radical (unpaired) electrons. The van der Waals surface area contributed by atoms with E-state index in [1.165, 1.54) is 12.8 Å². The van der Waals surface area contributed by atoms with E-state index in [1.54, 1.807) is 15.8 Å². The van der Waals surface area contributed by atoms with Crippen LogP contribution in [0, 0.1) is 5.92 Å². The molecule has 104 valence electrons. The summed E-state index contributed by atoms with van der Waals surface area (Å²) in [6.45, 7) is 0.808. The Hall–Kier alpha value is -1.69. The van der Waals surface area contributed by atoms with Gasteiger partial charge in [0, 0.05) is 18.1 Å². The predicted octanol–water partition coefficient (Wildman–Crippen LogP) is 2.51. The fourth-order valence-corrected chi connectivity index (χ4v) is 2.46. The quantitative estimate of drug-likeness (QED) is 0.863. The molecule has 0 N–H and O–H groups in total. The Bertz CT molecular complexity index is 636. The van der Waals surface area contributed by atoms with Crippen LogP contribution in [0.15, 0.2) is 34.9 Å². The van der Waals surface area contributed by atoms with Crippen molar-refractivity contribution in [3.05, 3.63) is 40.6 Å². The van der Waals surface area contributed by atoms with Gasteiger partial charge in [0.15, 0.2) is 5.69 Å². The second kappa shape index (κ2) is 5.36. The SMILES string of the molecule is CN(CC1CC1)C(=O)c1cn(-c2cccc(Br)c2)nn1. The standard InChI is InChI=1S/C14H15BrN4O/c1-18(8-10-5-6-10)14(20)13-9-19(17-16-13)12-4-2-3-11(15)7-12/h2-4,7,9-10H,5-6,8H2,1H3. The minimum absolute atomic E-state index is 0.0712. The van der Waals surface area contributed by atoms with Crippen molar-refractivity contribution in [3.8, 4) is 5.69 Å². The first kappa shape index (κ1) is 13.3. The fraction of sp³-hybridized carbons (Fsp3) is 0.357. The van der Waals surface area contributed by atoms with Crippen molar-refractivity contribution >= 4 is 21.8 Å². The highest BCUT2D eigenvalue weighted by Gasteiger charge is 2.26. The molecular formula is C14H15BrN4O. The van der Waals surface area contributed by atoms with Crippen LogP contribution in [0.5, 0.6) is 0 Å². The lowest BCUT2D eigenvalue weighted by molar-refractivity contribution is 0.0783. The van der Waals surface area contributed by atoms with Gasteiger partial charge in [0.2, 0.25) is 0 Å². The van der Waals surface area contributed by atoms with Gasteiger partial charge in [-0.2, -0.15) is 0 Å². The molecule has 2 aromatic rings. The van der Waals surface area contributed by atoms with Gasteiger partial charge >= 0.3 is 0 Å². The Balaban J connectivity index is 1.77. The zero-order valence-electron chi connectivity index (χ0n) is 11.2. The number of halogens is 1. The van der Waals surface area contributed by atoms with E-state index in [2.05, 4.69) is 26.2 Å². The zero-order valence-corrected chi connectivity index (χ0v) is 12.7. The summed E-state index contributed by atoms with van der Waals surface area (Å²) in [5.41, 5.74) is 1.25. The number of aromatic nitrogens is 3. The Morgan fingerprint density at radius 1 is 1.50 bits per heavy atom. The van der Waals surface area contributed by atoms with E-state index in [1.807, 2.05) is 31.3 Å². The molecule has 0 atom stereocenters. The summed E-state index contributed by atoms with van der Waals surface area (Å²) in [5, 5.41) is 8.00. The van der Waals surface area contributed by atoms with Gasteiger partial charge in [0.05, 0.1) is 11.9 Å². The van der Waals surface area contributed by atoms with E-state index in [9.17, 15) is 4.79 Å². The van der Waals surface area contributed by atoms with Gasteiger partial charge in [-0.3, -0.25) is 4.79 Å². The summed E-state index contributed by atoms with van der Waals surface area (Å²) < 4.78 is 2.58. The second-order valence-corrected chi connectivity index (χ2v) is 6.07. The van der Waals surface area contributed by atoms with Crippen LogP contribution in [0.3, 0.4) is 0 Å². The van der Waals surface area contributed by atoms with Crippen molar-refractivity contribution in [2.45, 2.75) is 12.8 Å². The highest BCUT2D eigenvalue weighted by atomic mass is 79.9. The van der Waals surface area contributed by atoms with E-state index in [4.69, 9.17) is 0 Å². The number of carbonyl (C=O) groups excluding carboxylic acids is 1. The van der Waals surface area contributed by atoms with E-state index < -0.39 is 0 Å². The van der Waals surface area contributed by atoms with Crippen LogP contribution < -0.4 is 0 Å². The minimum atomic E-state index is -0.0712. The number of benzene rings is 1. The number of nitrogens with zero attached hydrogens (tertiary/aromatic N) is 4. The maximum atomic E-state index is 12.2. The van der Waals surface area contributed by atoms with Gasteiger partial charge < -0.3 is 4.90 Å². The molecule has 20 heavy (non-hydrogen) atoms. The Morgan fingerprint density at radius 2 is 2.30 bits per heavy atom. The number of rotatable bonds is 4. The maximum Gasteiger partial charge on any atom is 0.275 e. The van der Waals surface area contributed by atoms with Gasteiger partial charge in [0.25, 0.3) is 5.91 Å². The first-order valence-electron chi connectivity index (χ1n) is 6.57.